The van der Waals surface area contributed by atoms with Gasteiger partial charge in [-0.1, -0.05) is 6.07 Å². The van der Waals surface area contributed by atoms with E-state index in [-0.39, 0.29) is 5.75 Å². The summed E-state index contributed by atoms with van der Waals surface area (Å²) in [6, 6.07) is 6.82. The lowest BCUT2D eigenvalue weighted by atomic mass is 10.1. The Morgan fingerprint density at radius 3 is 2.73 bits per heavy atom. The van der Waals surface area contributed by atoms with Crippen molar-refractivity contribution in [3.63, 3.8) is 0 Å². The van der Waals surface area contributed by atoms with Gasteiger partial charge in [-0.3, -0.25) is 0 Å². The van der Waals surface area contributed by atoms with Crippen LogP contribution in [-0.2, 0) is 6.42 Å². The van der Waals surface area contributed by atoms with Gasteiger partial charge >= 0.3 is 6.61 Å². The van der Waals surface area contributed by atoms with Crippen LogP contribution in [-0.4, -0.2) is 6.61 Å². The fraction of sp³-hybridized carbons (Fsp3) is 0.300. The first-order valence-electron chi connectivity index (χ1n) is 4.23. The van der Waals surface area contributed by atoms with Crippen LogP contribution in [0.15, 0.2) is 22.7 Å². The highest BCUT2D eigenvalue weighted by molar-refractivity contribution is 9.10. The largest absolute Gasteiger partial charge is 0.434 e. The molecule has 0 atom stereocenters. The molecule has 1 rings (SSSR count). The van der Waals surface area contributed by atoms with Gasteiger partial charge in [0.05, 0.1) is 10.5 Å². The monoisotopic (exact) mass is 275 g/mol. The Bertz CT molecular complexity index is 376. The van der Waals surface area contributed by atoms with Crippen LogP contribution in [0.4, 0.5) is 8.78 Å². The fourth-order valence-electron chi connectivity index (χ4n) is 1.09. The van der Waals surface area contributed by atoms with Crippen molar-refractivity contribution in [3.05, 3.63) is 28.2 Å². The quantitative estimate of drug-likeness (QED) is 0.843. The molecule has 15 heavy (non-hydrogen) atoms. The number of nitriles is 1. The molecule has 2 nitrogen and oxygen atoms in total. The lowest BCUT2D eigenvalue weighted by Gasteiger charge is -2.07. The van der Waals surface area contributed by atoms with E-state index in [4.69, 9.17) is 5.26 Å². The molecule has 0 saturated heterocycles. The van der Waals surface area contributed by atoms with Crippen molar-refractivity contribution in [2.45, 2.75) is 19.5 Å². The van der Waals surface area contributed by atoms with Gasteiger partial charge in [0.25, 0.3) is 0 Å². The molecule has 0 radical (unpaired) electrons. The number of halogens is 3. The van der Waals surface area contributed by atoms with Crippen LogP contribution in [0.25, 0.3) is 0 Å². The van der Waals surface area contributed by atoms with Gasteiger partial charge in [-0.2, -0.15) is 14.0 Å². The Morgan fingerprint density at radius 1 is 1.47 bits per heavy atom. The molecule has 0 spiro atoms. The molecule has 0 aromatic heterocycles. The minimum Gasteiger partial charge on any atom is -0.434 e. The molecule has 5 heteroatoms. The topological polar surface area (TPSA) is 33.0 Å². The molecular weight excluding hydrogens is 268 g/mol. The molecule has 0 aliphatic carbocycles. The van der Waals surface area contributed by atoms with Gasteiger partial charge in [-0.25, -0.2) is 0 Å². The normalized spacial score (nSPS) is 10.1. The van der Waals surface area contributed by atoms with Crippen LogP contribution in [0.1, 0.15) is 12.0 Å². The second-order valence-corrected chi connectivity index (χ2v) is 3.66. The molecule has 0 fully saturated rings. The van der Waals surface area contributed by atoms with Crippen molar-refractivity contribution in [2.75, 3.05) is 0 Å². The summed E-state index contributed by atoms with van der Waals surface area (Å²) in [6.07, 6.45) is 1.01. The Balaban J connectivity index is 2.75. The maximum atomic E-state index is 11.9. The van der Waals surface area contributed by atoms with Crippen molar-refractivity contribution in [3.8, 4) is 11.8 Å². The molecule has 0 N–H and O–H groups in total. The van der Waals surface area contributed by atoms with Crippen molar-refractivity contribution >= 4 is 15.9 Å². The SMILES string of the molecule is N#CCCc1ccc(OC(F)F)c(Br)c1. The zero-order valence-electron chi connectivity index (χ0n) is 7.71. The van der Waals surface area contributed by atoms with E-state index in [9.17, 15) is 8.78 Å². The number of hydrogen-bond acceptors (Lipinski definition) is 2. The second kappa shape index (κ2) is 5.66. The third-order valence-corrected chi connectivity index (χ3v) is 2.36. The predicted molar refractivity (Wildman–Crippen MR) is 54.7 cm³/mol. The van der Waals surface area contributed by atoms with Gasteiger partial charge in [-0.05, 0) is 40.0 Å². The Labute approximate surface area is 94.6 Å². The zero-order chi connectivity index (χ0) is 11.3. The molecule has 0 unspecified atom stereocenters. The van der Waals surface area contributed by atoms with Gasteiger partial charge in [-0.15, -0.1) is 0 Å². The molecule has 80 valence electrons. The van der Waals surface area contributed by atoms with Crippen LogP contribution in [0, 0.1) is 11.3 Å². The van der Waals surface area contributed by atoms with E-state index < -0.39 is 6.61 Å². The maximum Gasteiger partial charge on any atom is 0.387 e. The van der Waals surface area contributed by atoms with Crippen molar-refractivity contribution in [1.29, 1.82) is 5.26 Å². The van der Waals surface area contributed by atoms with Gasteiger partial charge in [0.2, 0.25) is 0 Å². The average molecular weight is 276 g/mol. The minimum absolute atomic E-state index is 0.103. The van der Waals surface area contributed by atoms with E-state index >= 15 is 0 Å². The summed E-state index contributed by atoms with van der Waals surface area (Å²) < 4.78 is 28.6. The lowest BCUT2D eigenvalue weighted by molar-refractivity contribution is -0.0503. The van der Waals surface area contributed by atoms with E-state index in [0.29, 0.717) is 17.3 Å². The number of alkyl halides is 2. The Kier molecular flexibility index (Phi) is 4.50. The van der Waals surface area contributed by atoms with E-state index in [1.165, 1.54) is 6.07 Å². The van der Waals surface area contributed by atoms with E-state index in [1.54, 1.807) is 12.1 Å². The maximum absolute atomic E-state index is 11.9. The van der Waals surface area contributed by atoms with Gasteiger partial charge in [0, 0.05) is 6.42 Å². The molecular formula is C10H8BrF2NO. The number of benzene rings is 1. The highest BCUT2D eigenvalue weighted by atomic mass is 79.9. The third kappa shape index (κ3) is 3.84. The minimum atomic E-state index is -2.83. The zero-order valence-corrected chi connectivity index (χ0v) is 9.30. The van der Waals surface area contributed by atoms with E-state index in [0.717, 1.165) is 5.56 Å². The first-order valence-corrected chi connectivity index (χ1v) is 5.03. The van der Waals surface area contributed by atoms with Crippen molar-refractivity contribution in [1.82, 2.24) is 0 Å². The number of nitrogens with zero attached hydrogens (tertiary/aromatic N) is 1. The highest BCUT2D eigenvalue weighted by Crippen LogP contribution is 2.27. The van der Waals surface area contributed by atoms with E-state index in [1.807, 2.05) is 6.07 Å². The number of rotatable bonds is 4. The van der Waals surface area contributed by atoms with Gasteiger partial charge < -0.3 is 4.74 Å². The van der Waals surface area contributed by atoms with Crippen LogP contribution < -0.4 is 4.74 Å². The molecule has 1 aromatic rings. The predicted octanol–water partition coefficient (Wildman–Crippen LogP) is 3.51. The first kappa shape index (κ1) is 11.9. The van der Waals surface area contributed by atoms with Crippen LogP contribution in [0.5, 0.6) is 5.75 Å². The summed E-state index contributed by atoms with van der Waals surface area (Å²) in [5, 5.41) is 8.38. The van der Waals surface area contributed by atoms with Gasteiger partial charge in [0.15, 0.2) is 0 Å². The standard InChI is InChI=1S/C10H8BrF2NO/c11-8-6-7(2-1-5-14)3-4-9(8)15-10(12)13/h3-4,6,10H,1-2H2. The lowest BCUT2D eigenvalue weighted by Crippen LogP contribution is -2.02. The van der Waals surface area contributed by atoms with Crippen molar-refractivity contribution in [2.24, 2.45) is 0 Å². The van der Waals surface area contributed by atoms with Crippen molar-refractivity contribution < 1.29 is 13.5 Å². The van der Waals surface area contributed by atoms with Crippen LogP contribution >= 0.6 is 15.9 Å². The Hall–Kier alpha value is -1.15. The summed E-state index contributed by atoms with van der Waals surface area (Å²) in [7, 11) is 0. The van der Waals surface area contributed by atoms with Gasteiger partial charge in [0.1, 0.15) is 5.75 Å². The molecule has 0 amide bonds. The van der Waals surface area contributed by atoms with Crippen LogP contribution in [0.3, 0.4) is 0 Å². The summed E-state index contributed by atoms with van der Waals surface area (Å²) >= 11 is 3.13. The molecule has 0 bridgehead atoms. The summed E-state index contributed by atoms with van der Waals surface area (Å²) in [4.78, 5) is 0. The third-order valence-electron chi connectivity index (χ3n) is 1.74. The van der Waals surface area contributed by atoms with Crippen LogP contribution in [0.2, 0.25) is 0 Å². The smallest absolute Gasteiger partial charge is 0.387 e. The first-order chi connectivity index (χ1) is 7.13. The van der Waals surface area contributed by atoms with E-state index in [2.05, 4.69) is 20.7 Å². The number of hydrogen-bond donors (Lipinski definition) is 0. The summed E-state index contributed by atoms with van der Waals surface area (Å²) in [5.41, 5.74) is 0.907. The molecule has 0 aliphatic rings. The molecule has 0 aliphatic heterocycles. The highest BCUT2D eigenvalue weighted by Gasteiger charge is 2.08. The summed E-state index contributed by atoms with van der Waals surface area (Å²) in [5.74, 6) is 0.103. The molecule has 0 heterocycles. The summed E-state index contributed by atoms with van der Waals surface area (Å²) in [6.45, 7) is -2.83. The number of aryl methyl sites for hydroxylation is 1. The number of ether oxygens (including phenoxy) is 1. The molecule has 0 saturated carbocycles. The Morgan fingerprint density at radius 2 is 2.20 bits per heavy atom. The second-order valence-electron chi connectivity index (χ2n) is 2.80. The molecule has 1 aromatic carbocycles. The fourth-order valence-corrected chi connectivity index (χ4v) is 1.61. The average Bonchev–Trinajstić information content (AvgIpc) is 2.18.